The topological polar surface area (TPSA) is 6.48 Å². The summed E-state index contributed by atoms with van der Waals surface area (Å²) in [6, 6.07) is 8.53. The van der Waals surface area contributed by atoms with Crippen molar-refractivity contribution in [2.75, 3.05) is 38.1 Å². The number of piperazine rings is 1. The second kappa shape index (κ2) is 6.03. The van der Waals surface area contributed by atoms with Gasteiger partial charge in [-0.3, -0.25) is 0 Å². The second-order valence-corrected chi connectivity index (χ2v) is 7.06. The third-order valence-corrected chi connectivity index (χ3v) is 3.50. The van der Waals surface area contributed by atoms with Gasteiger partial charge in [-0.25, -0.2) is 0 Å². The molecule has 1 fully saturated rings. The molecule has 1 heterocycles. The maximum absolute atomic E-state index is 3.43. The van der Waals surface area contributed by atoms with Crippen LogP contribution in [0, 0.1) is 0 Å². The van der Waals surface area contributed by atoms with Crippen LogP contribution in [-0.2, 0) is 0 Å². The summed E-state index contributed by atoms with van der Waals surface area (Å²) >= 11 is 6.86. The van der Waals surface area contributed by atoms with E-state index in [0.29, 0.717) is 0 Å². The Bertz CT molecular complexity index is 406. The SMILES string of the molecule is CN1CCN(c2ccccc2C=C(Br)Br)CC1. The van der Waals surface area contributed by atoms with E-state index in [0.717, 1.165) is 29.6 Å². The fraction of sp³-hybridized carbons (Fsp3) is 0.385. The maximum Gasteiger partial charge on any atom is 0.0610 e. The van der Waals surface area contributed by atoms with Crippen LogP contribution in [0.2, 0.25) is 0 Å². The Hall–Kier alpha value is -0.320. The second-order valence-electron chi connectivity index (χ2n) is 4.28. The van der Waals surface area contributed by atoms with E-state index in [9.17, 15) is 0 Å². The number of anilines is 1. The number of hydrogen-bond donors (Lipinski definition) is 0. The molecule has 1 aromatic carbocycles. The summed E-state index contributed by atoms with van der Waals surface area (Å²) in [6.45, 7) is 4.46. The lowest BCUT2D eigenvalue weighted by Gasteiger charge is -2.34. The maximum atomic E-state index is 3.43. The summed E-state index contributed by atoms with van der Waals surface area (Å²) in [4.78, 5) is 4.82. The molecule has 0 aromatic heterocycles. The van der Waals surface area contributed by atoms with Gasteiger partial charge in [0, 0.05) is 31.9 Å². The molecule has 0 atom stereocenters. The molecule has 1 saturated heterocycles. The molecule has 1 aliphatic heterocycles. The van der Waals surface area contributed by atoms with E-state index in [1.54, 1.807) is 0 Å². The molecule has 0 spiro atoms. The average Bonchev–Trinajstić information content (AvgIpc) is 2.30. The Morgan fingerprint density at radius 2 is 1.76 bits per heavy atom. The third-order valence-electron chi connectivity index (χ3n) is 3.05. The number of hydrogen-bond acceptors (Lipinski definition) is 2. The monoisotopic (exact) mass is 358 g/mol. The minimum absolute atomic E-state index is 0.978. The van der Waals surface area contributed by atoms with Crippen LogP contribution in [0.25, 0.3) is 6.08 Å². The predicted molar refractivity (Wildman–Crippen MR) is 82.0 cm³/mol. The fourth-order valence-corrected chi connectivity index (χ4v) is 2.56. The summed E-state index contributed by atoms with van der Waals surface area (Å²) in [5.74, 6) is 0. The quantitative estimate of drug-likeness (QED) is 0.797. The van der Waals surface area contributed by atoms with Crippen molar-refractivity contribution < 1.29 is 0 Å². The van der Waals surface area contributed by atoms with Gasteiger partial charge in [0.25, 0.3) is 0 Å². The molecular weight excluding hydrogens is 344 g/mol. The van der Waals surface area contributed by atoms with Crippen LogP contribution in [0.3, 0.4) is 0 Å². The van der Waals surface area contributed by atoms with Gasteiger partial charge in [-0.1, -0.05) is 18.2 Å². The zero-order chi connectivity index (χ0) is 12.3. The highest BCUT2D eigenvalue weighted by atomic mass is 79.9. The molecule has 1 aliphatic rings. The zero-order valence-corrected chi connectivity index (χ0v) is 13.0. The lowest BCUT2D eigenvalue weighted by molar-refractivity contribution is 0.313. The highest BCUT2D eigenvalue weighted by Crippen LogP contribution is 2.26. The first-order valence-corrected chi connectivity index (χ1v) is 7.30. The number of rotatable bonds is 2. The van der Waals surface area contributed by atoms with E-state index in [-0.39, 0.29) is 0 Å². The van der Waals surface area contributed by atoms with Crippen molar-refractivity contribution in [3.05, 3.63) is 33.2 Å². The van der Waals surface area contributed by atoms with E-state index in [2.05, 4.69) is 79.0 Å². The zero-order valence-electron chi connectivity index (χ0n) is 9.87. The highest BCUT2D eigenvalue weighted by molar-refractivity contribution is 9.28. The van der Waals surface area contributed by atoms with Crippen LogP contribution >= 0.6 is 31.9 Å². The van der Waals surface area contributed by atoms with Gasteiger partial charge in [0.2, 0.25) is 0 Å². The van der Waals surface area contributed by atoms with Crippen LogP contribution in [0.5, 0.6) is 0 Å². The molecule has 1 aromatic rings. The molecule has 17 heavy (non-hydrogen) atoms. The Morgan fingerprint density at radius 3 is 2.41 bits per heavy atom. The summed E-state index contributed by atoms with van der Waals surface area (Å²) in [6.07, 6.45) is 2.10. The van der Waals surface area contributed by atoms with Crippen molar-refractivity contribution in [2.24, 2.45) is 0 Å². The Balaban J connectivity index is 2.23. The van der Waals surface area contributed by atoms with Crippen LogP contribution < -0.4 is 4.90 Å². The van der Waals surface area contributed by atoms with Crippen molar-refractivity contribution >= 4 is 43.6 Å². The molecule has 0 aliphatic carbocycles. The van der Waals surface area contributed by atoms with Crippen molar-refractivity contribution in [3.63, 3.8) is 0 Å². The molecule has 0 N–H and O–H groups in total. The van der Waals surface area contributed by atoms with Crippen LogP contribution in [-0.4, -0.2) is 38.1 Å². The van der Waals surface area contributed by atoms with E-state index >= 15 is 0 Å². The van der Waals surface area contributed by atoms with Crippen molar-refractivity contribution in [3.8, 4) is 0 Å². The first kappa shape index (κ1) is 13.1. The van der Waals surface area contributed by atoms with Gasteiger partial charge < -0.3 is 9.80 Å². The summed E-state index contributed by atoms with van der Waals surface area (Å²) < 4.78 is 0.978. The molecule has 0 bridgehead atoms. The molecule has 4 heteroatoms. The largest absolute Gasteiger partial charge is 0.368 e. The van der Waals surface area contributed by atoms with Crippen LogP contribution in [0.15, 0.2) is 27.7 Å². The molecular formula is C13H16Br2N2. The van der Waals surface area contributed by atoms with E-state index < -0.39 is 0 Å². The van der Waals surface area contributed by atoms with E-state index in [4.69, 9.17) is 0 Å². The Kier molecular flexibility index (Phi) is 4.65. The Morgan fingerprint density at radius 1 is 1.12 bits per heavy atom. The van der Waals surface area contributed by atoms with Crippen molar-refractivity contribution in [1.29, 1.82) is 0 Å². The number of likely N-dealkylation sites (N-methyl/N-ethyl adjacent to an activating group) is 1. The molecule has 0 radical (unpaired) electrons. The number of nitrogens with zero attached hydrogens (tertiary/aromatic N) is 2. The van der Waals surface area contributed by atoms with E-state index in [1.165, 1.54) is 11.3 Å². The smallest absolute Gasteiger partial charge is 0.0610 e. The minimum atomic E-state index is 0.978. The van der Waals surface area contributed by atoms with Gasteiger partial charge in [0.15, 0.2) is 0 Å². The average molecular weight is 360 g/mol. The number of halogens is 2. The summed E-state index contributed by atoms with van der Waals surface area (Å²) in [5, 5.41) is 0. The van der Waals surface area contributed by atoms with Crippen molar-refractivity contribution in [2.45, 2.75) is 0 Å². The standard InChI is InChI=1S/C13H16Br2N2/c1-16-6-8-17(9-7-16)12-5-3-2-4-11(12)10-13(14)15/h2-5,10H,6-9H2,1H3. The molecule has 0 unspecified atom stereocenters. The van der Waals surface area contributed by atoms with Gasteiger partial charge in [-0.05, 0) is 56.6 Å². The lowest BCUT2D eigenvalue weighted by Crippen LogP contribution is -2.44. The molecule has 92 valence electrons. The first-order chi connectivity index (χ1) is 8.16. The fourth-order valence-electron chi connectivity index (χ4n) is 2.06. The summed E-state index contributed by atoms with van der Waals surface area (Å²) in [7, 11) is 2.18. The third kappa shape index (κ3) is 3.57. The number of benzene rings is 1. The lowest BCUT2D eigenvalue weighted by atomic mass is 10.1. The normalized spacial score (nSPS) is 17.0. The Labute approximate surface area is 120 Å². The molecule has 2 nitrogen and oxygen atoms in total. The molecule has 0 saturated carbocycles. The predicted octanol–water partition coefficient (Wildman–Crippen LogP) is 3.53. The van der Waals surface area contributed by atoms with E-state index in [1.807, 2.05) is 0 Å². The molecule has 2 rings (SSSR count). The summed E-state index contributed by atoms with van der Waals surface area (Å²) in [5.41, 5.74) is 2.57. The molecule has 0 amide bonds. The first-order valence-electron chi connectivity index (χ1n) is 5.72. The van der Waals surface area contributed by atoms with Gasteiger partial charge in [-0.15, -0.1) is 0 Å². The van der Waals surface area contributed by atoms with Crippen LogP contribution in [0.4, 0.5) is 5.69 Å². The highest BCUT2D eigenvalue weighted by Gasteiger charge is 2.15. The minimum Gasteiger partial charge on any atom is -0.368 e. The van der Waals surface area contributed by atoms with Gasteiger partial charge in [0.05, 0.1) is 3.39 Å². The van der Waals surface area contributed by atoms with Crippen LogP contribution in [0.1, 0.15) is 5.56 Å². The number of para-hydroxylation sites is 1. The van der Waals surface area contributed by atoms with Gasteiger partial charge in [-0.2, -0.15) is 0 Å². The van der Waals surface area contributed by atoms with Gasteiger partial charge >= 0.3 is 0 Å². The van der Waals surface area contributed by atoms with Gasteiger partial charge in [0.1, 0.15) is 0 Å². The van der Waals surface area contributed by atoms with Crippen molar-refractivity contribution in [1.82, 2.24) is 4.90 Å².